The van der Waals surface area contributed by atoms with Crippen molar-refractivity contribution >= 4 is 17.6 Å². The van der Waals surface area contributed by atoms with Crippen LogP contribution in [-0.2, 0) is 11.3 Å². The quantitative estimate of drug-likeness (QED) is 0.675. The van der Waals surface area contributed by atoms with Crippen LogP contribution < -0.4 is 14.8 Å². The van der Waals surface area contributed by atoms with Crippen molar-refractivity contribution in [2.75, 3.05) is 39.7 Å². The first kappa shape index (κ1) is 22.6. The number of esters is 1. The Balaban J connectivity index is 1.75. The molecule has 7 nitrogen and oxygen atoms in total. The van der Waals surface area contributed by atoms with Crippen molar-refractivity contribution in [3.8, 4) is 11.5 Å². The zero-order valence-electron chi connectivity index (χ0n) is 18.6. The Morgan fingerprint density at radius 2 is 1.74 bits per heavy atom. The first-order valence-electron chi connectivity index (χ1n) is 10.4. The molecule has 0 aromatic heterocycles. The minimum absolute atomic E-state index is 0.185. The second kappa shape index (κ2) is 10.3. The highest BCUT2D eigenvalue weighted by molar-refractivity contribution is 6.08. The number of nitrogens with zero attached hydrogens (tertiary/aromatic N) is 1. The van der Waals surface area contributed by atoms with Crippen molar-refractivity contribution < 1.29 is 23.8 Å². The second-order valence-electron chi connectivity index (χ2n) is 7.88. The SMILES string of the molecule is COC(=O)c1cc(OC)c(OC)cc1NC(=O)c1ccc(CN2CCCC(C)C2)cc1. The summed E-state index contributed by atoms with van der Waals surface area (Å²) >= 11 is 0. The van der Waals surface area contributed by atoms with E-state index in [4.69, 9.17) is 14.2 Å². The van der Waals surface area contributed by atoms with Crippen LogP contribution in [0, 0.1) is 5.92 Å². The van der Waals surface area contributed by atoms with E-state index in [0.29, 0.717) is 22.7 Å². The van der Waals surface area contributed by atoms with Gasteiger partial charge in [-0.3, -0.25) is 9.69 Å². The lowest BCUT2D eigenvalue weighted by atomic mass is 9.99. The number of carbonyl (C=O) groups excluding carboxylic acids is 2. The summed E-state index contributed by atoms with van der Waals surface area (Å²) in [5, 5.41) is 2.79. The van der Waals surface area contributed by atoms with Crippen molar-refractivity contribution in [2.45, 2.75) is 26.3 Å². The number of nitrogens with one attached hydrogen (secondary N) is 1. The molecule has 7 heteroatoms. The van der Waals surface area contributed by atoms with Gasteiger partial charge in [-0.15, -0.1) is 0 Å². The second-order valence-corrected chi connectivity index (χ2v) is 7.88. The third-order valence-electron chi connectivity index (χ3n) is 5.54. The molecule has 0 radical (unpaired) electrons. The van der Waals surface area contributed by atoms with Gasteiger partial charge in [0.05, 0.1) is 32.6 Å². The van der Waals surface area contributed by atoms with Gasteiger partial charge in [0.1, 0.15) is 0 Å². The van der Waals surface area contributed by atoms with Crippen LogP contribution in [0.5, 0.6) is 11.5 Å². The largest absolute Gasteiger partial charge is 0.493 e. The van der Waals surface area contributed by atoms with E-state index in [0.717, 1.165) is 25.6 Å². The number of hydrogen-bond donors (Lipinski definition) is 1. The highest BCUT2D eigenvalue weighted by Crippen LogP contribution is 2.34. The van der Waals surface area contributed by atoms with E-state index in [-0.39, 0.29) is 11.5 Å². The third kappa shape index (κ3) is 5.55. The zero-order chi connectivity index (χ0) is 22.4. The van der Waals surface area contributed by atoms with E-state index in [1.807, 2.05) is 12.1 Å². The lowest BCUT2D eigenvalue weighted by molar-refractivity contribution is 0.0601. The number of anilines is 1. The van der Waals surface area contributed by atoms with Crippen LogP contribution in [0.1, 0.15) is 46.0 Å². The Bertz CT molecular complexity index is 926. The van der Waals surface area contributed by atoms with Crippen molar-refractivity contribution in [3.63, 3.8) is 0 Å². The average molecular weight is 427 g/mol. The van der Waals surface area contributed by atoms with Crippen molar-refractivity contribution in [2.24, 2.45) is 5.92 Å². The summed E-state index contributed by atoms with van der Waals surface area (Å²) in [6, 6.07) is 10.6. The van der Waals surface area contributed by atoms with Crippen molar-refractivity contribution in [3.05, 3.63) is 53.1 Å². The van der Waals surface area contributed by atoms with Crippen molar-refractivity contribution in [1.82, 2.24) is 4.90 Å². The van der Waals surface area contributed by atoms with Gasteiger partial charge in [-0.2, -0.15) is 0 Å². The molecule has 0 saturated carbocycles. The number of carbonyl (C=O) groups is 2. The molecule has 0 aliphatic carbocycles. The molecule has 2 aromatic carbocycles. The van der Waals surface area contributed by atoms with Gasteiger partial charge in [-0.1, -0.05) is 19.1 Å². The van der Waals surface area contributed by atoms with Gasteiger partial charge in [0.25, 0.3) is 5.91 Å². The summed E-state index contributed by atoms with van der Waals surface area (Å²) < 4.78 is 15.4. The molecule has 1 unspecified atom stereocenters. The van der Waals surface area contributed by atoms with Gasteiger partial charge in [0.2, 0.25) is 0 Å². The zero-order valence-corrected chi connectivity index (χ0v) is 18.6. The third-order valence-corrected chi connectivity index (χ3v) is 5.54. The molecule has 1 N–H and O–H groups in total. The fraction of sp³-hybridized carbons (Fsp3) is 0.417. The van der Waals surface area contributed by atoms with Gasteiger partial charge >= 0.3 is 5.97 Å². The first-order valence-corrected chi connectivity index (χ1v) is 10.4. The standard InChI is InChI=1S/C24H30N2O5/c1-16-6-5-11-26(14-16)15-17-7-9-18(10-8-17)23(27)25-20-13-22(30-3)21(29-2)12-19(20)24(28)31-4/h7-10,12-13,16H,5-6,11,14-15H2,1-4H3,(H,25,27). The fourth-order valence-electron chi connectivity index (χ4n) is 3.91. The maximum Gasteiger partial charge on any atom is 0.340 e. The number of rotatable bonds is 7. The number of methoxy groups -OCH3 is 3. The highest BCUT2D eigenvalue weighted by Gasteiger charge is 2.20. The first-order chi connectivity index (χ1) is 14.9. The van der Waals surface area contributed by atoms with Gasteiger partial charge in [-0.05, 0) is 43.0 Å². The van der Waals surface area contributed by atoms with Crippen LogP contribution >= 0.6 is 0 Å². The average Bonchev–Trinajstić information content (AvgIpc) is 2.78. The lowest BCUT2D eigenvalue weighted by Gasteiger charge is -2.30. The molecule has 31 heavy (non-hydrogen) atoms. The molecule has 1 saturated heterocycles. The molecule has 0 spiro atoms. The monoisotopic (exact) mass is 426 g/mol. The summed E-state index contributed by atoms with van der Waals surface area (Å²) in [4.78, 5) is 27.5. The van der Waals surface area contributed by atoms with E-state index in [2.05, 4.69) is 17.1 Å². The molecule has 2 aromatic rings. The topological polar surface area (TPSA) is 77.1 Å². The molecule has 0 bridgehead atoms. The van der Waals surface area contributed by atoms with Gasteiger partial charge in [0, 0.05) is 30.8 Å². The van der Waals surface area contributed by atoms with Crippen LogP contribution in [-0.4, -0.2) is 51.2 Å². The smallest absolute Gasteiger partial charge is 0.340 e. The minimum Gasteiger partial charge on any atom is -0.493 e. The predicted molar refractivity (Wildman–Crippen MR) is 119 cm³/mol. The van der Waals surface area contributed by atoms with Gasteiger partial charge in [-0.25, -0.2) is 4.79 Å². The summed E-state index contributed by atoms with van der Waals surface area (Å²) in [6.07, 6.45) is 2.52. The van der Waals surface area contributed by atoms with E-state index >= 15 is 0 Å². The number of amides is 1. The van der Waals surface area contributed by atoms with Crippen LogP contribution in [0.25, 0.3) is 0 Å². The van der Waals surface area contributed by atoms with Crippen LogP contribution in [0.3, 0.4) is 0 Å². The molecule has 1 aliphatic heterocycles. The maximum absolute atomic E-state index is 12.8. The van der Waals surface area contributed by atoms with Gasteiger partial charge < -0.3 is 19.5 Å². The molecular formula is C24H30N2O5. The van der Waals surface area contributed by atoms with Crippen LogP contribution in [0.4, 0.5) is 5.69 Å². The Morgan fingerprint density at radius 3 is 2.35 bits per heavy atom. The summed E-state index contributed by atoms with van der Waals surface area (Å²) in [5.41, 5.74) is 2.15. The normalized spacial score (nSPS) is 16.5. The molecule has 1 heterocycles. The number of benzene rings is 2. The molecule has 3 rings (SSSR count). The van der Waals surface area contributed by atoms with E-state index in [1.165, 1.54) is 45.8 Å². The van der Waals surface area contributed by atoms with Crippen molar-refractivity contribution in [1.29, 1.82) is 0 Å². The maximum atomic E-state index is 12.8. The highest BCUT2D eigenvalue weighted by atomic mass is 16.5. The summed E-state index contributed by atoms with van der Waals surface area (Å²) in [6.45, 7) is 5.39. The van der Waals surface area contributed by atoms with Gasteiger partial charge in [0.15, 0.2) is 11.5 Å². The molecule has 1 atom stereocenters. The Labute approximate surface area is 183 Å². The summed E-state index contributed by atoms with van der Waals surface area (Å²) in [7, 11) is 4.25. The molecule has 1 fully saturated rings. The van der Waals surface area contributed by atoms with Crippen LogP contribution in [0.2, 0.25) is 0 Å². The Hall–Kier alpha value is -3.06. The molecule has 166 valence electrons. The minimum atomic E-state index is -0.581. The lowest BCUT2D eigenvalue weighted by Crippen LogP contribution is -2.33. The van der Waals surface area contributed by atoms with E-state index in [9.17, 15) is 9.59 Å². The Morgan fingerprint density at radius 1 is 1.06 bits per heavy atom. The molecule has 1 aliphatic rings. The Kier molecular flexibility index (Phi) is 7.52. The number of hydrogen-bond acceptors (Lipinski definition) is 6. The summed E-state index contributed by atoms with van der Waals surface area (Å²) in [5.74, 6) is 0.594. The van der Waals surface area contributed by atoms with E-state index in [1.54, 1.807) is 18.2 Å². The molecule has 1 amide bonds. The van der Waals surface area contributed by atoms with E-state index < -0.39 is 5.97 Å². The van der Waals surface area contributed by atoms with Crippen LogP contribution in [0.15, 0.2) is 36.4 Å². The fourth-order valence-corrected chi connectivity index (χ4v) is 3.91. The molecular weight excluding hydrogens is 396 g/mol. The number of ether oxygens (including phenoxy) is 3. The number of likely N-dealkylation sites (tertiary alicyclic amines) is 1. The number of piperidine rings is 1. The predicted octanol–water partition coefficient (Wildman–Crippen LogP) is 3.97.